The van der Waals surface area contributed by atoms with Gasteiger partial charge >= 0.3 is 0 Å². The summed E-state index contributed by atoms with van der Waals surface area (Å²) >= 11 is 0. The molecule has 1 aromatic heterocycles. The zero-order valence-electron chi connectivity index (χ0n) is 16.5. The van der Waals surface area contributed by atoms with E-state index in [0.717, 1.165) is 47.5 Å². The van der Waals surface area contributed by atoms with Crippen LogP contribution in [0.15, 0.2) is 36.4 Å². The van der Waals surface area contributed by atoms with E-state index in [4.69, 9.17) is 0 Å². The van der Waals surface area contributed by atoms with Crippen LogP contribution < -0.4 is 10.2 Å². The summed E-state index contributed by atoms with van der Waals surface area (Å²) in [5.74, 6) is 0.0272. The third kappa shape index (κ3) is 4.10. The van der Waals surface area contributed by atoms with Gasteiger partial charge in [0.1, 0.15) is 11.0 Å². The Morgan fingerprint density at radius 2 is 1.67 bits per heavy atom. The van der Waals surface area contributed by atoms with E-state index in [-0.39, 0.29) is 5.91 Å². The molecule has 1 amide bonds. The van der Waals surface area contributed by atoms with Crippen molar-refractivity contribution in [3.63, 3.8) is 0 Å². The van der Waals surface area contributed by atoms with E-state index in [1.54, 1.807) is 4.80 Å². The smallest absolute Gasteiger partial charge is 0.224 e. The van der Waals surface area contributed by atoms with Gasteiger partial charge in [-0.15, -0.1) is 10.2 Å². The lowest BCUT2D eigenvalue weighted by atomic mass is 10.1. The van der Waals surface area contributed by atoms with Gasteiger partial charge < -0.3 is 10.2 Å². The van der Waals surface area contributed by atoms with E-state index in [1.165, 1.54) is 5.69 Å². The molecular formula is C21H27N5O. The first-order valence-corrected chi connectivity index (χ1v) is 9.58. The molecule has 0 saturated heterocycles. The topological polar surface area (TPSA) is 63.1 Å². The van der Waals surface area contributed by atoms with Gasteiger partial charge in [-0.3, -0.25) is 4.79 Å². The largest absolute Gasteiger partial charge is 0.372 e. The number of aryl methyl sites for hydroxylation is 1. The molecule has 1 N–H and O–H groups in total. The number of nitrogens with one attached hydrogen (secondary N) is 1. The predicted octanol–water partition coefficient (Wildman–Crippen LogP) is 4.31. The molecule has 0 saturated carbocycles. The standard InChI is InChI=1S/C21H27N5O/c1-5-8-21(27)22-18-14-20-19(13-15(18)4)23-26(24-20)17-11-9-16(10-12-17)25(6-2)7-3/h9-14H,5-8H2,1-4H3,(H,22,27). The van der Waals surface area contributed by atoms with Crippen molar-refractivity contribution >= 4 is 28.3 Å². The molecule has 0 unspecified atom stereocenters. The summed E-state index contributed by atoms with van der Waals surface area (Å²) in [4.78, 5) is 15.9. The lowest BCUT2D eigenvalue weighted by Crippen LogP contribution is -2.21. The predicted molar refractivity (Wildman–Crippen MR) is 111 cm³/mol. The molecule has 3 rings (SSSR count). The highest BCUT2D eigenvalue weighted by Gasteiger charge is 2.11. The molecule has 0 aliphatic heterocycles. The van der Waals surface area contributed by atoms with Crippen molar-refractivity contribution < 1.29 is 4.79 Å². The molecule has 27 heavy (non-hydrogen) atoms. The monoisotopic (exact) mass is 365 g/mol. The van der Waals surface area contributed by atoms with Crippen LogP contribution in [0.2, 0.25) is 0 Å². The average molecular weight is 365 g/mol. The number of benzene rings is 2. The second-order valence-corrected chi connectivity index (χ2v) is 6.63. The zero-order chi connectivity index (χ0) is 19.4. The number of amides is 1. The van der Waals surface area contributed by atoms with Crippen molar-refractivity contribution in [3.8, 4) is 5.69 Å². The Balaban J connectivity index is 1.89. The van der Waals surface area contributed by atoms with E-state index < -0.39 is 0 Å². The Labute approximate surface area is 160 Å². The summed E-state index contributed by atoms with van der Waals surface area (Å²) < 4.78 is 0. The highest BCUT2D eigenvalue weighted by atomic mass is 16.1. The van der Waals surface area contributed by atoms with Crippen LogP contribution in [0.5, 0.6) is 0 Å². The van der Waals surface area contributed by atoms with Gasteiger partial charge in [-0.1, -0.05) is 6.92 Å². The molecule has 2 aromatic carbocycles. The minimum atomic E-state index is 0.0272. The quantitative estimate of drug-likeness (QED) is 0.677. The molecule has 142 valence electrons. The molecule has 0 fully saturated rings. The first-order valence-electron chi connectivity index (χ1n) is 9.58. The lowest BCUT2D eigenvalue weighted by molar-refractivity contribution is -0.116. The number of rotatable bonds is 7. The number of hydrogen-bond donors (Lipinski definition) is 1. The summed E-state index contributed by atoms with van der Waals surface area (Å²) in [7, 11) is 0. The van der Waals surface area contributed by atoms with Crippen molar-refractivity contribution in [1.29, 1.82) is 0 Å². The van der Waals surface area contributed by atoms with Gasteiger partial charge in [0.25, 0.3) is 0 Å². The number of carbonyl (C=O) groups excluding carboxylic acids is 1. The molecule has 0 atom stereocenters. The number of nitrogens with zero attached hydrogens (tertiary/aromatic N) is 4. The Hall–Kier alpha value is -2.89. The molecule has 6 heteroatoms. The molecule has 3 aromatic rings. The van der Waals surface area contributed by atoms with E-state index in [2.05, 4.69) is 46.4 Å². The summed E-state index contributed by atoms with van der Waals surface area (Å²) in [5.41, 5.74) is 5.46. The van der Waals surface area contributed by atoms with Crippen LogP contribution in [0.4, 0.5) is 11.4 Å². The zero-order valence-corrected chi connectivity index (χ0v) is 16.5. The summed E-state index contributed by atoms with van der Waals surface area (Å²) in [6.07, 6.45) is 1.34. The van der Waals surface area contributed by atoms with Crippen molar-refractivity contribution in [2.45, 2.75) is 40.5 Å². The van der Waals surface area contributed by atoms with Crippen LogP contribution in [-0.2, 0) is 4.79 Å². The summed E-state index contributed by atoms with van der Waals surface area (Å²) in [6.45, 7) is 10.2. The molecule has 0 aliphatic carbocycles. The number of anilines is 2. The lowest BCUT2D eigenvalue weighted by Gasteiger charge is -2.20. The summed E-state index contributed by atoms with van der Waals surface area (Å²) in [5, 5.41) is 12.2. The number of fused-ring (bicyclic) bond motifs is 1. The maximum absolute atomic E-state index is 11.9. The fourth-order valence-corrected chi connectivity index (χ4v) is 3.14. The van der Waals surface area contributed by atoms with Gasteiger partial charge in [-0.2, -0.15) is 4.80 Å². The second kappa shape index (κ2) is 8.20. The molecule has 0 spiro atoms. The van der Waals surface area contributed by atoms with Gasteiger partial charge in [-0.25, -0.2) is 0 Å². The van der Waals surface area contributed by atoms with Crippen LogP contribution >= 0.6 is 0 Å². The van der Waals surface area contributed by atoms with Crippen molar-refractivity contribution in [2.24, 2.45) is 0 Å². The maximum atomic E-state index is 11.9. The number of hydrogen-bond acceptors (Lipinski definition) is 4. The minimum absolute atomic E-state index is 0.0272. The Morgan fingerprint density at radius 3 is 2.26 bits per heavy atom. The van der Waals surface area contributed by atoms with E-state index in [0.29, 0.717) is 6.42 Å². The maximum Gasteiger partial charge on any atom is 0.224 e. The fraction of sp³-hybridized carbons (Fsp3) is 0.381. The minimum Gasteiger partial charge on any atom is -0.372 e. The van der Waals surface area contributed by atoms with Crippen LogP contribution in [0.25, 0.3) is 16.7 Å². The average Bonchev–Trinajstić information content (AvgIpc) is 3.06. The Bertz CT molecular complexity index is 926. The second-order valence-electron chi connectivity index (χ2n) is 6.63. The van der Waals surface area contributed by atoms with Crippen LogP contribution in [0.3, 0.4) is 0 Å². The highest BCUT2D eigenvalue weighted by molar-refractivity contribution is 5.94. The van der Waals surface area contributed by atoms with Gasteiger partial charge in [0.05, 0.1) is 5.69 Å². The van der Waals surface area contributed by atoms with Crippen LogP contribution in [0.1, 0.15) is 39.2 Å². The third-order valence-electron chi connectivity index (χ3n) is 4.69. The van der Waals surface area contributed by atoms with Crippen molar-refractivity contribution in [3.05, 3.63) is 42.0 Å². The highest BCUT2D eigenvalue weighted by Crippen LogP contribution is 2.23. The van der Waals surface area contributed by atoms with Gasteiger partial charge in [-0.05, 0) is 69.2 Å². The van der Waals surface area contributed by atoms with E-state index in [1.807, 2.05) is 38.1 Å². The Kier molecular flexibility index (Phi) is 5.74. The fourth-order valence-electron chi connectivity index (χ4n) is 3.14. The van der Waals surface area contributed by atoms with Gasteiger partial charge in [0, 0.05) is 30.9 Å². The SMILES string of the molecule is CCCC(=O)Nc1cc2nn(-c3ccc(N(CC)CC)cc3)nc2cc1C. The van der Waals surface area contributed by atoms with Crippen molar-refractivity contribution in [1.82, 2.24) is 15.0 Å². The Morgan fingerprint density at radius 1 is 1.04 bits per heavy atom. The normalized spacial score (nSPS) is 11.0. The first kappa shape index (κ1) is 18.9. The molecule has 0 aliphatic rings. The van der Waals surface area contributed by atoms with Gasteiger partial charge in [0.2, 0.25) is 5.91 Å². The van der Waals surface area contributed by atoms with E-state index in [9.17, 15) is 4.79 Å². The molecule has 0 radical (unpaired) electrons. The third-order valence-corrected chi connectivity index (χ3v) is 4.69. The van der Waals surface area contributed by atoms with Gasteiger partial charge in [0.15, 0.2) is 0 Å². The number of aromatic nitrogens is 3. The van der Waals surface area contributed by atoms with Crippen LogP contribution in [-0.4, -0.2) is 34.0 Å². The molecule has 0 bridgehead atoms. The number of carbonyl (C=O) groups is 1. The van der Waals surface area contributed by atoms with Crippen LogP contribution in [0, 0.1) is 6.92 Å². The molecule has 6 nitrogen and oxygen atoms in total. The molecule has 1 heterocycles. The van der Waals surface area contributed by atoms with Crippen molar-refractivity contribution in [2.75, 3.05) is 23.3 Å². The van der Waals surface area contributed by atoms with E-state index >= 15 is 0 Å². The first-order chi connectivity index (χ1) is 13.0. The summed E-state index contributed by atoms with van der Waals surface area (Å²) in [6, 6.07) is 12.1. The molecular weight excluding hydrogens is 338 g/mol.